The first-order chi connectivity index (χ1) is 15.9. The maximum absolute atomic E-state index is 13.2. The number of hydrogen-bond donors (Lipinski definition) is 2. The molecule has 0 saturated heterocycles. The lowest BCUT2D eigenvalue weighted by atomic mass is 9.95. The van der Waals surface area contributed by atoms with Crippen molar-refractivity contribution in [3.05, 3.63) is 53.4 Å². The van der Waals surface area contributed by atoms with Crippen LogP contribution < -0.4 is 5.32 Å². The van der Waals surface area contributed by atoms with E-state index in [9.17, 15) is 18.0 Å². The zero-order chi connectivity index (χ0) is 23.0. The van der Waals surface area contributed by atoms with Gasteiger partial charge in [-0.05, 0) is 25.0 Å². The number of imidazole rings is 1. The van der Waals surface area contributed by atoms with Gasteiger partial charge in [-0.3, -0.25) is 0 Å². The number of halogens is 3. The zero-order valence-electron chi connectivity index (χ0n) is 17.7. The van der Waals surface area contributed by atoms with Crippen molar-refractivity contribution in [2.45, 2.75) is 63.3 Å². The first kappa shape index (κ1) is 21.5. The fourth-order valence-electron chi connectivity index (χ4n) is 4.47. The molecule has 1 aliphatic carbocycles. The lowest BCUT2D eigenvalue weighted by Crippen LogP contribution is -2.48. The first-order valence-corrected chi connectivity index (χ1v) is 11.0. The van der Waals surface area contributed by atoms with Crippen LogP contribution in [0.3, 0.4) is 0 Å². The highest BCUT2D eigenvalue weighted by molar-refractivity contribution is 5.75. The van der Waals surface area contributed by atoms with Crippen LogP contribution in [0.2, 0.25) is 0 Å². The molecule has 1 fully saturated rings. The fourth-order valence-corrected chi connectivity index (χ4v) is 4.47. The Balaban J connectivity index is 1.39. The Labute approximate surface area is 187 Å². The molecule has 1 atom stereocenters. The minimum Gasteiger partial charge on any atom is -0.347 e. The van der Waals surface area contributed by atoms with Gasteiger partial charge in [-0.1, -0.05) is 36.6 Å². The molecule has 0 spiro atoms. The Bertz CT molecular complexity index is 1120. The Morgan fingerprint density at radius 3 is 2.64 bits per heavy atom. The molecule has 3 heterocycles. The van der Waals surface area contributed by atoms with Crippen molar-refractivity contribution in [1.82, 2.24) is 30.3 Å². The van der Waals surface area contributed by atoms with Crippen LogP contribution in [0.5, 0.6) is 0 Å². The van der Waals surface area contributed by atoms with E-state index in [-0.39, 0.29) is 23.8 Å². The lowest BCUT2D eigenvalue weighted by Gasteiger charge is -2.34. The van der Waals surface area contributed by atoms with Crippen LogP contribution in [-0.4, -0.2) is 37.1 Å². The maximum atomic E-state index is 13.2. The summed E-state index contributed by atoms with van der Waals surface area (Å²) in [5.41, 5.74) is 1.31. The minimum absolute atomic E-state index is 0.139. The molecular formula is C22H23F3N6O2. The number of urea groups is 1. The van der Waals surface area contributed by atoms with Gasteiger partial charge < -0.3 is 19.7 Å². The molecule has 2 aliphatic rings. The van der Waals surface area contributed by atoms with Gasteiger partial charge in [0.2, 0.25) is 11.7 Å². The number of nitrogens with zero attached hydrogens (tertiary/aromatic N) is 4. The highest BCUT2D eigenvalue weighted by Crippen LogP contribution is 2.34. The molecule has 5 rings (SSSR count). The Morgan fingerprint density at radius 2 is 1.91 bits per heavy atom. The third kappa shape index (κ3) is 4.44. The average molecular weight is 460 g/mol. The molecule has 11 heteroatoms. The molecular weight excluding hydrogens is 437 g/mol. The van der Waals surface area contributed by atoms with Crippen LogP contribution in [0.15, 0.2) is 35.1 Å². The van der Waals surface area contributed by atoms with Gasteiger partial charge in [0.1, 0.15) is 6.04 Å². The number of carbonyl (C=O) groups is 1. The Morgan fingerprint density at radius 1 is 1.15 bits per heavy atom. The van der Waals surface area contributed by atoms with Crippen LogP contribution in [0.25, 0.3) is 11.4 Å². The number of aromatic amines is 1. The van der Waals surface area contributed by atoms with Gasteiger partial charge in [0.15, 0.2) is 0 Å². The number of carbonyl (C=O) groups excluding carboxylic acids is 1. The van der Waals surface area contributed by atoms with Gasteiger partial charge in [-0.2, -0.15) is 18.2 Å². The van der Waals surface area contributed by atoms with E-state index < -0.39 is 17.8 Å². The Kier molecular flexibility index (Phi) is 5.55. The number of H-pyrrole nitrogens is 1. The summed E-state index contributed by atoms with van der Waals surface area (Å²) in [5.74, 6) is 0.386. The highest BCUT2D eigenvalue weighted by atomic mass is 19.4. The minimum atomic E-state index is -4.42. The summed E-state index contributed by atoms with van der Waals surface area (Å²) in [7, 11) is 0. The number of nitrogens with one attached hydrogen (secondary N) is 2. The second-order valence-electron chi connectivity index (χ2n) is 8.49. The van der Waals surface area contributed by atoms with E-state index in [4.69, 9.17) is 4.52 Å². The van der Waals surface area contributed by atoms with Crippen molar-refractivity contribution in [3.8, 4) is 11.4 Å². The molecule has 1 aliphatic heterocycles. The van der Waals surface area contributed by atoms with Crippen molar-refractivity contribution in [3.63, 3.8) is 0 Å². The quantitative estimate of drug-likeness (QED) is 0.594. The third-order valence-corrected chi connectivity index (χ3v) is 6.29. The number of fused-ring (bicyclic) bond motifs is 1. The smallest absolute Gasteiger partial charge is 0.347 e. The van der Waals surface area contributed by atoms with E-state index in [1.807, 2.05) is 0 Å². The molecule has 8 nitrogen and oxygen atoms in total. The number of aromatic nitrogens is 4. The largest absolute Gasteiger partial charge is 0.416 e. The van der Waals surface area contributed by atoms with E-state index in [0.29, 0.717) is 18.5 Å². The van der Waals surface area contributed by atoms with Gasteiger partial charge in [-0.25, -0.2) is 9.78 Å². The molecule has 33 heavy (non-hydrogen) atoms. The van der Waals surface area contributed by atoms with Crippen molar-refractivity contribution in [2.75, 3.05) is 0 Å². The number of rotatable bonds is 3. The number of alkyl halides is 3. The molecule has 0 bridgehead atoms. The number of amides is 2. The topological polar surface area (TPSA) is 99.9 Å². The molecule has 2 aromatic heterocycles. The summed E-state index contributed by atoms with van der Waals surface area (Å²) < 4.78 is 44.0. The van der Waals surface area contributed by atoms with E-state index in [2.05, 4.69) is 25.4 Å². The van der Waals surface area contributed by atoms with Crippen molar-refractivity contribution < 1.29 is 22.5 Å². The average Bonchev–Trinajstić information content (AvgIpc) is 3.48. The summed E-state index contributed by atoms with van der Waals surface area (Å²) in [4.78, 5) is 26.6. The molecule has 174 valence electrons. The van der Waals surface area contributed by atoms with Gasteiger partial charge in [-0.15, -0.1) is 0 Å². The van der Waals surface area contributed by atoms with E-state index in [1.54, 1.807) is 11.2 Å². The molecule has 1 aromatic carbocycles. The van der Waals surface area contributed by atoms with E-state index in [1.165, 1.54) is 18.6 Å². The number of benzene rings is 1. The normalized spacial score (nSPS) is 19.4. The predicted molar refractivity (Wildman–Crippen MR) is 111 cm³/mol. The molecule has 2 amide bonds. The predicted octanol–water partition coefficient (Wildman–Crippen LogP) is 4.62. The van der Waals surface area contributed by atoms with Gasteiger partial charge in [0.25, 0.3) is 0 Å². The molecule has 1 unspecified atom stereocenters. The molecule has 1 saturated carbocycles. The van der Waals surface area contributed by atoms with Crippen molar-refractivity contribution >= 4 is 6.03 Å². The summed E-state index contributed by atoms with van der Waals surface area (Å²) >= 11 is 0. The lowest BCUT2D eigenvalue weighted by molar-refractivity contribution is -0.137. The maximum Gasteiger partial charge on any atom is 0.416 e. The fraction of sp³-hybridized carbons (Fsp3) is 0.455. The monoisotopic (exact) mass is 460 g/mol. The number of hydrogen-bond acceptors (Lipinski definition) is 5. The summed E-state index contributed by atoms with van der Waals surface area (Å²) in [5, 5.41) is 7.08. The van der Waals surface area contributed by atoms with E-state index >= 15 is 0 Å². The van der Waals surface area contributed by atoms with Gasteiger partial charge in [0, 0.05) is 18.0 Å². The van der Waals surface area contributed by atoms with Crippen LogP contribution in [0.4, 0.5) is 18.0 Å². The van der Waals surface area contributed by atoms with Crippen LogP contribution >= 0.6 is 0 Å². The second-order valence-corrected chi connectivity index (χ2v) is 8.49. The SMILES string of the molecule is O=C(NC1CCCCC1)N1Cc2[nH]cnc2CC1c1nc(-c2ccc(C(F)(F)F)cc2)no1. The molecule has 2 N–H and O–H groups in total. The molecule has 3 aromatic rings. The van der Waals surface area contributed by atoms with Gasteiger partial charge in [0.05, 0.1) is 29.8 Å². The second kappa shape index (κ2) is 8.53. The standard InChI is InChI=1S/C22H23F3N6O2/c23-22(24,25)14-8-6-13(7-9-14)19-29-20(33-30-19)18-10-16-17(27-12-26-16)11-31(18)21(32)28-15-4-2-1-3-5-15/h6-9,12,15,18H,1-5,10-11H2,(H,26,27)(H,28,32). The van der Waals surface area contributed by atoms with Crippen molar-refractivity contribution in [2.24, 2.45) is 0 Å². The Hall–Kier alpha value is -3.37. The van der Waals surface area contributed by atoms with Gasteiger partial charge >= 0.3 is 12.2 Å². The third-order valence-electron chi connectivity index (χ3n) is 6.29. The summed E-state index contributed by atoms with van der Waals surface area (Å²) in [6.07, 6.45) is 2.85. The van der Waals surface area contributed by atoms with Crippen LogP contribution in [-0.2, 0) is 19.1 Å². The van der Waals surface area contributed by atoms with E-state index in [0.717, 1.165) is 49.2 Å². The van der Waals surface area contributed by atoms with Crippen molar-refractivity contribution in [1.29, 1.82) is 0 Å². The van der Waals surface area contributed by atoms with Crippen LogP contribution in [0.1, 0.15) is 61.0 Å². The summed E-state index contributed by atoms with van der Waals surface area (Å²) in [6, 6.07) is 3.97. The highest BCUT2D eigenvalue weighted by Gasteiger charge is 2.37. The zero-order valence-corrected chi connectivity index (χ0v) is 17.7. The van der Waals surface area contributed by atoms with Crippen LogP contribution in [0, 0.1) is 0 Å². The molecule has 0 radical (unpaired) electrons. The summed E-state index contributed by atoms with van der Waals surface area (Å²) in [6.45, 7) is 0.316. The first-order valence-electron chi connectivity index (χ1n) is 11.0.